The molecule has 1 fully saturated rings. The number of nitrogens with one attached hydrogen (secondary N) is 1. The summed E-state index contributed by atoms with van der Waals surface area (Å²) in [6, 6.07) is 6.68. The van der Waals surface area contributed by atoms with Crippen molar-refractivity contribution in [3.8, 4) is 5.75 Å². The highest BCUT2D eigenvalue weighted by Gasteiger charge is 2.31. The van der Waals surface area contributed by atoms with E-state index in [4.69, 9.17) is 15.3 Å². The lowest BCUT2D eigenvalue weighted by Crippen LogP contribution is -2.36. The van der Waals surface area contributed by atoms with Gasteiger partial charge in [0, 0.05) is 19.1 Å². The Morgan fingerprint density at radius 2 is 2.30 bits per heavy atom. The molecular weight excluding hydrogens is 252 g/mol. The van der Waals surface area contributed by atoms with Gasteiger partial charge < -0.3 is 9.47 Å². The van der Waals surface area contributed by atoms with Crippen molar-refractivity contribution in [1.82, 2.24) is 5.43 Å². The molecule has 1 heterocycles. The molecule has 1 atom stereocenters. The van der Waals surface area contributed by atoms with Crippen LogP contribution < -0.4 is 16.0 Å². The number of hydrazine groups is 1. The number of ether oxygens (including phenoxy) is 2. The van der Waals surface area contributed by atoms with Gasteiger partial charge in [0.1, 0.15) is 5.75 Å². The summed E-state index contributed by atoms with van der Waals surface area (Å²) < 4.78 is 11.2. The molecule has 1 unspecified atom stereocenters. The zero-order chi connectivity index (χ0) is 13.9. The van der Waals surface area contributed by atoms with E-state index in [0.29, 0.717) is 6.10 Å². The van der Waals surface area contributed by atoms with Gasteiger partial charge in [-0.25, -0.2) is 0 Å². The van der Waals surface area contributed by atoms with Crippen LogP contribution in [0, 0.1) is 5.92 Å². The molecule has 1 aromatic rings. The van der Waals surface area contributed by atoms with Gasteiger partial charge in [0.05, 0.1) is 12.7 Å². The third-order valence-corrected chi connectivity index (χ3v) is 4.48. The van der Waals surface area contributed by atoms with Crippen LogP contribution in [0.3, 0.4) is 0 Å². The first-order valence-corrected chi connectivity index (χ1v) is 7.63. The second kappa shape index (κ2) is 6.12. The fourth-order valence-corrected chi connectivity index (χ4v) is 3.30. The van der Waals surface area contributed by atoms with E-state index in [1.807, 2.05) is 0 Å². The van der Waals surface area contributed by atoms with Gasteiger partial charge in [-0.05, 0) is 49.3 Å². The van der Waals surface area contributed by atoms with Crippen molar-refractivity contribution in [3.05, 3.63) is 29.3 Å². The van der Waals surface area contributed by atoms with E-state index in [1.165, 1.54) is 24.0 Å². The van der Waals surface area contributed by atoms with Crippen LogP contribution in [0.5, 0.6) is 5.75 Å². The third kappa shape index (κ3) is 2.82. The zero-order valence-corrected chi connectivity index (χ0v) is 12.1. The van der Waals surface area contributed by atoms with Gasteiger partial charge in [0.2, 0.25) is 0 Å². The number of nitrogens with two attached hydrogens (primary N) is 1. The molecule has 0 amide bonds. The molecule has 1 aromatic carbocycles. The third-order valence-electron chi connectivity index (χ3n) is 4.48. The molecule has 1 aliphatic carbocycles. The average Bonchev–Trinajstić information content (AvgIpc) is 2.88. The second-order valence-corrected chi connectivity index (χ2v) is 5.84. The van der Waals surface area contributed by atoms with Crippen LogP contribution >= 0.6 is 0 Å². The molecule has 4 heteroatoms. The Balaban J connectivity index is 1.60. The van der Waals surface area contributed by atoms with Gasteiger partial charge in [0.25, 0.3) is 0 Å². The summed E-state index contributed by atoms with van der Waals surface area (Å²) in [6.45, 7) is 3.68. The van der Waals surface area contributed by atoms with Crippen LogP contribution in [0.4, 0.5) is 0 Å². The summed E-state index contributed by atoms with van der Waals surface area (Å²) in [7, 11) is 0. The monoisotopic (exact) mass is 276 g/mol. The van der Waals surface area contributed by atoms with Crippen LogP contribution in [0.1, 0.15) is 43.4 Å². The molecule has 1 aliphatic heterocycles. The average molecular weight is 276 g/mol. The van der Waals surface area contributed by atoms with E-state index in [0.717, 1.165) is 37.7 Å². The largest absolute Gasteiger partial charge is 0.493 e. The van der Waals surface area contributed by atoms with Crippen molar-refractivity contribution in [2.75, 3.05) is 13.2 Å². The minimum atomic E-state index is 0.230. The van der Waals surface area contributed by atoms with E-state index < -0.39 is 0 Å². The maximum Gasteiger partial charge on any atom is 0.122 e. The van der Waals surface area contributed by atoms with Crippen molar-refractivity contribution in [3.63, 3.8) is 0 Å². The molecule has 3 rings (SSSR count). The molecule has 110 valence electrons. The maximum atomic E-state index is 5.76. The summed E-state index contributed by atoms with van der Waals surface area (Å²) in [5.41, 5.74) is 5.56. The number of fused-ring (bicyclic) bond motifs is 1. The SMILES string of the molecule is CCOC1CC(CC(NN)c2ccc3c(c2)CCO3)C1. The van der Waals surface area contributed by atoms with Gasteiger partial charge in [0.15, 0.2) is 0 Å². The Morgan fingerprint density at radius 3 is 3.05 bits per heavy atom. The predicted molar refractivity (Wildman–Crippen MR) is 78.5 cm³/mol. The molecule has 0 aromatic heterocycles. The summed E-state index contributed by atoms with van der Waals surface area (Å²) >= 11 is 0. The van der Waals surface area contributed by atoms with Gasteiger partial charge in [-0.15, -0.1) is 0 Å². The lowest BCUT2D eigenvalue weighted by Gasteiger charge is -2.37. The first kappa shape index (κ1) is 13.9. The minimum absolute atomic E-state index is 0.230. The molecule has 0 saturated heterocycles. The van der Waals surface area contributed by atoms with E-state index in [9.17, 15) is 0 Å². The summed E-state index contributed by atoms with van der Waals surface area (Å²) in [5.74, 6) is 7.51. The topological polar surface area (TPSA) is 56.5 Å². The van der Waals surface area contributed by atoms with Crippen LogP contribution in [0.15, 0.2) is 18.2 Å². The zero-order valence-electron chi connectivity index (χ0n) is 12.1. The molecular formula is C16H24N2O2. The Bertz CT molecular complexity index is 458. The van der Waals surface area contributed by atoms with Crippen LogP contribution in [-0.2, 0) is 11.2 Å². The Morgan fingerprint density at radius 1 is 1.45 bits per heavy atom. The molecule has 2 aliphatic rings. The van der Waals surface area contributed by atoms with Crippen molar-refractivity contribution in [2.45, 2.75) is 44.8 Å². The molecule has 1 saturated carbocycles. The molecule has 0 spiro atoms. The molecule has 20 heavy (non-hydrogen) atoms. The van der Waals surface area contributed by atoms with E-state index in [-0.39, 0.29) is 6.04 Å². The smallest absolute Gasteiger partial charge is 0.122 e. The van der Waals surface area contributed by atoms with Crippen LogP contribution in [0.25, 0.3) is 0 Å². The van der Waals surface area contributed by atoms with E-state index in [1.54, 1.807) is 0 Å². The van der Waals surface area contributed by atoms with Crippen molar-refractivity contribution >= 4 is 0 Å². The first-order valence-electron chi connectivity index (χ1n) is 7.63. The maximum absolute atomic E-state index is 5.76. The Hall–Kier alpha value is -1.10. The molecule has 4 nitrogen and oxygen atoms in total. The Kier molecular flexibility index (Phi) is 4.24. The highest BCUT2D eigenvalue weighted by Crippen LogP contribution is 2.37. The number of benzene rings is 1. The minimum Gasteiger partial charge on any atom is -0.493 e. The molecule has 0 bridgehead atoms. The predicted octanol–water partition coefficient (Wildman–Crippen LogP) is 2.33. The molecule has 3 N–H and O–H groups in total. The van der Waals surface area contributed by atoms with Gasteiger partial charge in [-0.2, -0.15) is 0 Å². The van der Waals surface area contributed by atoms with Crippen molar-refractivity contribution in [2.24, 2.45) is 11.8 Å². The Labute approximate surface area is 120 Å². The van der Waals surface area contributed by atoms with Crippen molar-refractivity contribution in [1.29, 1.82) is 0 Å². The fraction of sp³-hybridized carbons (Fsp3) is 0.625. The quantitative estimate of drug-likeness (QED) is 0.618. The standard InChI is InChI=1S/C16H24N2O2/c1-2-19-14-7-11(8-14)9-15(18-17)12-3-4-16-13(10-12)5-6-20-16/h3-4,10-11,14-15,18H,2,5-9,17H2,1H3. The van der Waals surface area contributed by atoms with Gasteiger partial charge >= 0.3 is 0 Å². The van der Waals surface area contributed by atoms with E-state index >= 15 is 0 Å². The number of hydrogen-bond acceptors (Lipinski definition) is 4. The highest BCUT2D eigenvalue weighted by atomic mass is 16.5. The van der Waals surface area contributed by atoms with Crippen LogP contribution in [-0.4, -0.2) is 19.3 Å². The highest BCUT2D eigenvalue weighted by molar-refractivity contribution is 5.40. The lowest BCUT2D eigenvalue weighted by molar-refractivity contribution is -0.0291. The van der Waals surface area contributed by atoms with Gasteiger partial charge in [-0.1, -0.05) is 12.1 Å². The summed E-state index contributed by atoms with van der Waals surface area (Å²) in [6.07, 6.45) is 4.90. The number of rotatable bonds is 6. The normalized spacial score (nSPS) is 25.7. The lowest BCUT2D eigenvalue weighted by atomic mass is 9.77. The fourth-order valence-electron chi connectivity index (χ4n) is 3.30. The van der Waals surface area contributed by atoms with Gasteiger partial charge in [-0.3, -0.25) is 11.3 Å². The first-order chi connectivity index (χ1) is 9.80. The molecule has 0 radical (unpaired) electrons. The van der Waals surface area contributed by atoms with E-state index in [2.05, 4.69) is 30.5 Å². The summed E-state index contributed by atoms with van der Waals surface area (Å²) in [5, 5.41) is 0. The summed E-state index contributed by atoms with van der Waals surface area (Å²) in [4.78, 5) is 0. The van der Waals surface area contributed by atoms with Crippen LogP contribution in [0.2, 0.25) is 0 Å². The van der Waals surface area contributed by atoms with Crippen molar-refractivity contribution < 1.29 is 9.47 Å². The number of hydrogen-bond donors (Lipinski definition) is 2. The second-order valence-electron chi connectivity index (χ2n) is 5.84.